The maximum Gasteiger partial charge on any atom is 0.220 e. The fourth-order valence-corrected chi connectivity index (χ4v) is 5.16. The van der Waals surface area contributed by atoms with Gasteiger partial charge in [-0.2, -0.15) is 0 Å². The Morgan fingerprint density at radius 2 is 2.14 bits per heavy atom. The van der Waals surface area contributed by atoms with Crippen molar-refractivity contribution in [3.05, 3.63) is 41.6 Å². The van der Waals surface area contributed by atoms with Crippen LogP contribution >= 0.6 is 11.6 Å². The van der Waals surface area contributed by atoms with Crippen LogP contribution in [0.2, 0.25) is 5.02 Å². The van der Waals surface area contributed by atoms with Gasteiger partial charge in [0.25, 0.3) is 0 Å². The third-order valence-electron chi connectivity index (χ3n) is 6.50. The van der Waals surface area contributed by atoms with E-state index in [1.165, 1.54) is 0 Å². The van der Waals surface area contributed by atoms with Crippen LogP contribution in [0.3, 0.4) is 0 Å². The number of piperidine rings is 1. The highest BCUT2D eigenvalue weighted by molar-refractivity contribution is 6.33. The number of aryl methyl sites for hydroxylation is 1. The van der Waals surface area contributed by atoms with Gasteiger partial charge in [0.15, 0.2) is 0 Å². The van der Waals surface area contributed by atoms with Gasteiger partial charge in [-0.05, 0) is 38.0 Å². The molecular weight excluding hydrogens is 386 g/mol. The smallest absolute Gasteiger partial charge is 0.220 e. The molecule has 2 saturated heterocycles. The number of fused-ring (bicyclic) bond motifs is 1. The monoisotopic (exact) mass is 409 g/mol. The third kappa shape index (κ3) is 3.06. The Morgan fingerprint density at radius 3 is 2.86 bits per heavy atom. The van der Waals surface area contributed by atoms with Crippen LogP contribution in [-0.2, 0) is 11.8 Å². The number of amides is 1. The maximum atomic E-state index is 11.8. The number of carbonyl (C=O) groups is 1. The van der Waals surface area contributed by atoms with Gasteiger partial charge < -0.3 is 14.8 Å². The highest BCUT2D eigenvalue weighted by Crippen LogP contribution is 2.42. The number of hydrogen-bond acceptors (Lipinski definition) is 4. The second kappa shape index (κ2) is 6.73. The Bertz CT molecular complexity index is 1110. The number of nitrogens with one attached hydrogen (secondary N) is 1. The van der Waals surface area contributed by atoms with Crippen molar-refractivity contribution < 1.29 is 4.79 Å². The van der Waals surface area contributed by atoms with Gasteiger partial charge in [0, 0.05) is 49.8 Å². The molecule has 0 bridgehead atoms. The number of imidazole rings is 1. The summed E-state index contributed by atoms with van der Waals surface area (Å²) in [6, 6.07) is 10.4. The maximum absolute atomic E-state index is 11.8. The Morgan fingerprint density at radius 1 is 1.31 bits per heavy atom. The number of pyridine rings is 1. The molecule has 2 atom stereocenters. The molecule has 2 aromatic heterocycles. The molecule has 1 amide bonds. The van der Waals surface area contributed by atoms with Crippen LogP contribution < -0.4 is 10.2 Å². The lowest BCUT2D eigenvalue weighted by Gasteiger charge is -2.43. The number of benzene rings is 1. The van der Waals surface area contributed by atoms with Gasteiger partial charge in [0.1, 0.15) is 11.6 Å². The van der Waals surface area contributed by atoms with Crippen molar-refractivity contribution in [3.63, 3.8) is 0 Å². The fraction of sp³-hybridized carbons (Fsp3) is 0.409. The Balaban J connectivity index is 1.48. The van der Waals surface area contributed by atoms with Crippen LogP contribution in [0.25, 0.3) is 22.4 Å². The van der Waals surface area contributed by atoms with Gasteiger partial charge in [0.2, 0.25) is 5.91 Å². The lowest BCUT2D eigenvalue weighted by atomic mass is 9.75. The van der Waals surface area contributed by atoms with Gasteiger partial charge in [0.05, 0.1) is 16.1 Å². The highest BCUT2D eigenvalue weighted by Gasteiger charge is 2.43. The van der Waals surface area contributed by atoms with E-state index in [2.05, 4.69) is 38.8 Å². The normalized spacial score (nSPS) is 24.4. The number of rotatable bonds is 2. The van der Waals surface area contributed by atoms with E-state index < -0.39 is 0 Å². The molecule has 7 heteroatoms. The van der Waals surface area contributed by atoms with Crippen LogP contribution in [0.15, 0.2) is 36.5 Å². The van der Waals surface area contributed by atoms with Crippen molar-refractivity contribution in [2.24, 2.45) is 12.5 Å². The minimum Gasteiger partial charge on any atom is -0.356 e. The Kier molecular flexibility index (Phi) is 4.28. The van der Waals surface area contributed by atoms with Crippen molar-refractivity contribution in [1.29, 1.82) is 0 Å². The average molecular weight is 410 g/mol. The van der Waals surface area contributed by atoms with Crippen molar-refractivity contribution in [2.45, 2.75) is 32.2 Å². The zero-order valence-corrected chi connectivity index (χ0v) is 17.4. The molecule has 2 fully saturated rings. The lowest BCUT2D eigenvalue weighted by molar-refractivity contribution is -0.119. The molecule has 5 rings (SSSR count). The van der Waals surface area contributed by atoms with Crippen molar-refractivity contribution in [3.8, 4) is 11.4 Å². The van der Waals surface area contributed by atoms with Gasteiger partial charge in [-0.3, -0.25) is 4.79 Å². The quantitative estimate of drug-likeness (QED) is 0.699. The van der Waals surface area contributed by atoms with Gasteiger partial charge in [-0.25, -0.2) is 9.97 Å². The molecule has 1 aromatic carbocycles. The average Bonchev–Trinajstić information content (AvgIpc) is 3.23. The minimum absolute atomic E-state index is 0.0969. The molecule has 150 valence electrons. The number of para-hydroxylation sites is 2. The SMILES string of the molecule is C[C@H]1C[C@@]2(CCN1c1cc(-c3nc4ccccc4n3C)c(Cl)cn1)CNC(=O)C2. The van der Waals surface area contributed by atoms with Crippen LogP contribution in [0.5, 0.6) is 0 Å². The summed E-state index contributed by atoms with van der Waals surface area (Å²) >= 11 is 6.54. The van der Waals surface area contributed by atoms with Crippen molar-refractivity contribution in [2.75, 3.05) is 18.0 Å². The third-order valence-corrected chi connectivity index (χ3v) is 6.80. The van der Waals surface area contributed by atoms with E-state index >= 15 is 0 Å². The predicted octanol–water partition coefficient (Wildman–Crippen LogP) is 3.78. The molecule has 1 spiro atoms. The fourth-order valence-electron chi connectivity index (χ4n) is 4.97. The van der Waals surface area contributed by atoms with E-state index in [4.69, 9.17) is 16.6 Å². The molecule has 29 heavy (non-hydrogen) atoms. The summed E-state index contributed by atoms with van der Waals surface area (Å²) < 4.78 is 2.07. The van der Waals surface area contributed by atoms with Crippen molar-refractivity contribution >= 4 is 34.4 Å². The first kappa shape index (κ1) is 18.4. The number of aromatic nitrogens is 3. The molecule has 0 radical (unpaired) electrons. The Labute approximate surface area is 174 Å². The van der Waals surface area contributed by atoms with E-state index in [-0.39, 0.29) is 11.3 Å². The van der Waals surface area contributed by atoms with E-state index in [9.17, 15) is 4.79 Å². The Hall–Kier alpha value is -2.60. The van der Waals surface area contributed by atoms with Gasteiger partial charge >= 0.3 is 0 Å². The number of carbonyl (C=O) groups excluding carboxylic acids is 1. The zero-order valence-electron chi connectivity index (χ0n) is 16.7. The molecular formula is C22H24ClN5O. The minimum atomic E-state index is 0.0969. The molecule has 4 heterocycles. The first-order chi connectivity index (χ1) is 14.0. The standard InChI is InChI=1S/C22H24ClN5O/c1-14-10-22(11-20(29)25-13-22)7-8-28(14)19-9-15(16(23)12-24-19)21-26-17-5-3-4-6-18(17)27(21)2/h3-6,9,12,14H,7-8,10-11,13H2,1-2H3,(H,25,29)/t14-,22+/m0/s1. The number of anilines is 1. The number of nitrogens with zero attached hydrogens (tertiary/aromatic N) is 4. The first-order valence-corrected chi connectivity index (χ1v) is 10.4. The summed E-state index contributed by atoms with van der Waals surface area (Å²) in [7, 11) is 2.01. The highest BCUT2D eigenvalue weighted by atomic mass is 35.5. The van der Waals surface area contributed by atoms with Crippen molar-refractivity contribution in [1.82, 2.24) is 19.9 Å². The van der Waals surface area contributed by atoms with Crippen LogP contribution in [-0.4, -0.2) is 39.6 Å². The second-order valence-corrected chi connectivity index (χ2v) is 8.86. The molecule has 0 aliphatic carbocycles. The predicted molar refractivity (Wildman–Crippen MR) is 115 cm³/mol. The van der Waals surface area contributed by atoms with E-state index in [1.807, 2.05) is 25.2 Å². The number of hydrogen-bond donors (Lipinski definition) is 1. The second-order valence-electron chi connectivity index (χ2n) is 8.46. The summed E-state index contributed by atoms with van der Waals surface area (Å²) in [5, 5.41) is 3.61. The summed E-state index contributed by atoms with van der Waals surface area (Å²) in [6.07, 6.45) is 4.34. The summed E-state index contributed by atoms with van der Waals surface area (Å²) in [4.78, 5) is 23.5. The summed E-state index contributed by atoms with van der Waals surface area (Å²) in [6.45, 7) is 3.89. The zero-order chi connectivity index (χ0) is 20.2. The number of halogens is 1. The largest absolute Gasteiger partial charge is 0.356 e. The van der Waals surface area contributed by atoms with Gasteiger partial charge in [-0.1, -0.05) is 23.7 Å². The molecule has 2 aliphatic rings. The molecule has 3 aromatic rings. The molecule has 1 N–H and O–H groups in total. The van der Waals surface area contributed by atoms with E-state index in [0.29, 0.717) is 17.5 Å². The van der Waals surface area contributed by atoms with Crippen LogP contribution in [0.1, 0.15) is 26.2 Å². The van der Waals surface area contributed by atoms with E-state index in [1.54, 1.807) is 6.20 Å². The van der Waals surface area contributed by atoms with E-state index in [0.717, 1.165) is 54.2 Å². The first-order valence-electron chi connectivity index (χ1n) is 10.1. The molecule has 0 unspecified atom stereocenters. The molecule has 0 saturated carbocycles. The summed E-state index contributed by atoms with van der Waals surface area (Å²) in [5.74, 6) is 1.93. The lowest BCUT2D eigenvalue weighted by Crippen LogP contribution is -2.47. The van der Waals surface area contributed by atoms with Crippen LogP contribution in [0, 0.1) is 5.41 Å². The molecule has 2 aliphatic heterocycles. The summed E-state index contributed by atoms with van der Waals surface area (Å²) in [5.41, 5.74) is 3.01. The topological polar surface area (TPSA) is 63.1 Å². The van der Waals surface area contributed by atoms with Gasteiger partial charge in [-0.15, -0.1) is 0 Å². The van der Waals surface area contributed by atoms with Crippen LogP contribution in [0.4, 0.5) is 5.82 Å². The molecule has 6 nitrogen and oxygen atoms in total.